The van der Waals surface area contributed by atoms with E-state index >= 15 is 0 Å². The van der Waals surface area contributed by atoms with Gasteiger partial charge in [0.2, 0.25) is 0 Å². The van der Waals surface area contributed by atoms with Gasteiger partial charge in [0, 0.05) is 18.0 Å². The average molecular weight is 422 g/mol. The Bertz CT molecular complexity index is 546. The van der Waals surface area contributed by atoms with Gasteiger partial charge in [-0.3, -0.25) is 4.90 Å². The summed E-state index contributed by atoms with van der Waals surface area (Å²) in [4.78, 5) is 11.8. The number of rotatable bonds is 1. The van der Waals surface area contributed by atoms with E-state index in [9.17, 15) is 0 Å². The van der Waals surface area contributed by atoms with Crippen molar-refractivity contribution in [1.29, 1.82) is 0 Å². The minimum absolute atomic E-state index is 0.0529. The highest BCUT2D eigenvalue weighted by molar-refractivity contribution is 14.1. The van der Waals surface area contributed by atoms with Crippen LogP contribution in [0.2, 0.25) is 5.15 Å². The van der Waals surface area contributed by atoms with Gasteiger partial charge in [-0.2, -0.15) is 0 Å². The second kappa shape index (κ2) is 5.91. The van der Waals surface area contributed by atoms with Crippen molar-refractivity contribution in [3.05, 3.63) is 20.2 Å². The minimum Gasteiger partial charge on any atom is -0.367 e. The minimum atomic E-state index is -0.0602. The molecular weight excluding hydrogens is 401 g/mol. The molecule has 0 bridgehead atoms. The Kier molecular flexibility index (Phi) is 4.47. The van der Waals surface area contributed by atoms with Gasteiger partial charge < -0.3 is 4.74 Å². The maximum absolute atomic E-state index is 6.33. The smallest absolute Gasteiger partial charge is 0.160 e. The molecule has 2 fully saturated rings. The largest absolute Gasteiger partial charge is 0.367 e. The Morgan fingerprint density at radius 1 is 1.33 bits per heavy atom. The van der Waals surface area contributed by atoms with Crippen LogP contribution in [0.5, 0.6) is 0 Å². The summed E-state index contributed by atoms with van der Waals surface area (Å²) >= 11 is 8.56. The van der Waals surface area contributed by atoms with Gasteiger partial charge in [-0.25, -0.2) is 9.97 Å². The monoisotopic (exact) mass is 421 g/mol. The highest BCUT2D eigenvalue weighted by atomic mass is 127. The van der Waals surface area contributed by atoms with E-state index < -0.39 is 0 Å². The van der Waals surface area contributed by atoms with Crippen LogP contribution in [-0.4, -0.2) is 40.6 Å². The van der Waals surface area contributed by atoms with Crippen LogP contribution in [0.15, 0.2) is 0 Å². The van der Waals surface area contributed by atoms with Gasteiger partial charge in [0.1, 0.15) is 11.3 Å². The van der Waals surface area contributed by atoms with E-state index in [2.05, 4.69) is 53.2 Å². The first-order valence-electron chi connectivity index (χ1n) is 7.45. The van der Waals surface area contributed by atoms with Crippen LogP contribution < -0.4 is 0 Å². The lowest BCUT2D eigenvalue weighted by atomic mass is 9.92. The first kappa shape index (κ1) is 15.9. The Hall–Kier alpha value is 0.0200. The highest BCUT2D eigenvalue weighted by Crippen LogP contribution is 2.33. The zero-order chi connectivity index (χ0) is 15.2. The van der Waals surface area contributed by atoms with E-state index in [1.165, 1.54) is 12.8 Å². The summed E-state index contributed by atoms with van der Waals surface area (Å²) in [6, 6.07) is 0.586. The van der Waals surface area contributed by atoms with Crippen molar-refractivity contribution in [3.63, 3.8) is 0 Å². The fourth-order valence-electron chi connectivity index (χ4n) is 3.05. The topological polar surface area (TPSA) is 38.2 Å². The SMILES string of the molecule is CC(C)(C)c1nc(C2CN3CCCC3CO2)nc(Cl)c1I. The summed E-state index contributed by atoms with van der Waals surface area (Å²) in [6.07, 6.45) is 2.45. The van der Waals surface area contributed by atoms with E-state index in [4.69, 9.17) is 21.3 Å². The second-order valence-electron chi connectivity index (χ2n) is 6.90. The number of ether oxygens (including phenoxy) is 1. The van der Waals surface area contributed by atoms with Crippen molar-refractivity contribution in [2.75, 3.05) is 19.7 Å². The number of aromatic nitrogens is 2. The Balaban J connectivity index is 1.90. The molecule has 116 valence electrons. The van der Waals surface area contributed by atoms with Crippen LogP contribution in [0.25, 0.3) is 0 Å². The third kappa shape index (κ3) is 3.21. The molecule has 0 amide bonds. The van der Waals surface area contributed by atoms with Crippen LogP contribution in [-0.2, 0) is 10.2 Å². The molecule has 2 atom stereocenters. The van der Waals surface area contributed by atoms with Gasteiger partial charge in [-0.15, -0.1) is 0 Å². The molecule has 0 radical (unpaired) electrons. The van der Waals surface area contributed by atoms with Crippen LogP contribution in [0, 0.1) is 3.57 Å². The molecule has 2 unspecified atom stereocenters. The van der Waals surface area contributed by atoms with Crippen molar-refractivity contribution >= 4 is 34.2 Å². The second-order valence-corrected chi connectivity index (χ2v) is 8.33. The Morgan fingerprint density at radius 3 is 2.81 bits per heavy atom. The summed E-state index contributed by atoms with van der Waals surface area (Å²) in [6.45, 7) is 9.27. The summed E-state index contributed by atoms with van der Waals surface area (Å²) in [5.41, 5.74) is 0.952. The fourth-order valence-corrected chi connectivity index (χ4v) is 4.28. The van der Waals surface area contributed by atoms with Crippen molar-refractivity contribution in [2.24, 2.45) is 0 Å². The molecule has 0 spiro atoms. The zero-order valence-electron chi connectivity index (χ0n) is 12.7. The van der Waals surface area contributed by atoms with E-state index in [0.29, 0.717) is 11.2 Å². The van der Waals surface area contributed by atoms with E-state index in [1.807, 2.05) is 0 Å². The molecule has 0 aromatic carbocycles. The first-order valence-corrected chi connectivity index (χ1v) is 8.91. The average Bonchev–Trinajstić information content (AvgIpc) is 2.87. The van der Waals surface area contributed by atoms with Crippen LogP contribution in [0.1, 0.15) is 51.2 Å². The van der Waals surface area contributed by atoms with E-state index in [-0.39, 0.29) is 11.5 Å². The summed E-state index contributed by atoms with van der Waals surface area (Å²) < 4.78 is 6.96. The van der Waals surface area contributed by atoms with Crippen molar-refractivity contribution in [1.82, 2.24) is 14.9 Å². The normalized spacial score (nSPS) is 26.9. The first-order chi connectivity index (χ1) is 9.86. The predicted octanol–water partition coefficient (Wildman–Crippen LogP) is 3.57. The lowest BCUT2D eigenvalue weighted by molar-refractivity contribution is -0.0542. The van der Waals surface area contributed by atoms with Gasteiger partial charge in [0.15, 0.2) is 5.82 Å². The third-order valence-electron chi connectivity index (χ3n) is 4.22. The molecule has 2 saturated heterocycles. The molecule has 0 aliphatic carbocycles. The molecule has 6 heteroatoms. The van der Waals surface area contributed by atoms with E-state index in [0.717, 1.165) is 34.8 Å². The molecule has 3 rings (SSSR count). The van der Waals surface area contributed by atoms with Gasteiger partial charge in [0.25, 0.3) is 0 Å². The summed E-state index contributed by atoms with van der Waals surface area (Å²) in [7, 11) is 0. The number of hydrogen-bond donors (Lipinski definition) is 0. The lowest BCUT2D eigenvalue weighted by Crippen LogP contribution is -2.43. The number of nitrogens with zero attached hydrogens (tertiary/aromatic N) is 3. The Labute approximate surface area is 144 Å². The third-order valence-corrected chi connectivity index (χ3v) is 5.83. The van der Waals surface area contributed by atoms with Crippen LogP contribution in [0.4, 0.5) is 0 Å². The molecule has 4 nitrogen and oxygen atoms in total. The standard InChI is InChI=1S/C15H21ClIN3O/c1-15(2,3)12-11(17)13(16)19-14(18-12)10-7-20-6-4-5-9(20)8-21-10/h9-10H,4-8H2,1-3H3. The number of fused-ring (bicyclic) bond motifs is 1. The molecule has 1 aromatic heterocycles. The number of halogens is 2. The van der Waals surface area contributed by atoms with Crippen molar-refractivity contribution in [3.8, 4) is 0 Å². The zero-order valence-corrected chi connectivity index (χ0v) is 15.6. The molecule has 2 aliphatic rings. The van der Waals surface area contributed by atoms with Gasteiger partial charge in [-0.1, -0.05) is 32.4 Å². The summed E-state index contributed by atoms with van der Waals surface area (Å²) in [5.74, 6) is 0.732. The summed E-state index contributed by atoms with van der Waals surface area (Å²) in [5, 5.41) is 0.540. The number of morpholine rings is 1. The number of hydrogen-bond acceptors (Lipinski definition) is 4. The van der Waals surface area contributed by atoms with Gasteiger partial charge >= 0.3 is 0 Å². The molecule has 0 saturated carbocycles. The molecule has 21 heavy (non-hydrogen) atoms. The molecule has 3 heterocycles. The molecular formula is C15H21ClIN3O. The van der Waals surface area contributed by atoms with E-state index in [1.54, 1.807) is 0 Å². The predicted molar refractivity (Wildman–Crippen MR) is 91.7 cm³/mol. The Morgan fingerprint density at radius 2 is 2.10 bits per heavy atom. The van der Waals surface area contributed by atoms with Crippen LogP contribution >= 0.6 is 34.2 Å². The van der Waals surface area contributed by atoms with Crippen molar-refractivity contribution in [2.45, 2.75) is 51.2 Å². The van der Waals surface area contributed by atoms with Gasteiger partial charge in [-0.05, 0) is 42.0 Å². The van der Waals surface area contributed by atoms with Gasteiger partial charge in [0.05, 0.1) is 15.9 Å². The fraction of sp³-hybridized carbons (Fsp3) is 0.733. The van der Waals surface area contributed by atoms with Crippen molar-refractivity contribution < 1.29 is 4.74 Å². The molecule has 2 aliphatic heterocycles. The maximum atomic E-state index is 6.33. The molecule has 1 aromatic rings. The quantitative estimate of drug-likeness (QED) is 0.513. The maximum Gasteiger partial charge on any atom is 0.160 e. The molecule has 0 N–H and O–H groups in total. The lowest BCUT2D eigenvalue weighted by Gasteiger charge is -2.34. The van der Waals surface area contributed by atoms with Crippen LogP contribution in [0.3, 0.4) is 0 Å². The highest BCUT2D eigenvalue weighted by Gasteiger charge is 2.35.